The molecule has 0 atom stereocenters. The molecule has 2 aromatic rings. The van der Waals surface area contributed by atoms with E-state index in [0.29, 0.717) is 41.0 Å². The summed E-state index contributed by atoms with van der Waals surface area (Å²) >= 11 is 7.46. The third kappa shape index (κ3) is 5.35. The van der Waals surface area contributed by atoms with Crippen molar-refractivity contribution in [2.75, 3.05) is 13.2 Å². The molecule has 31 heavy (non-hydrogen) atoms. The van der Waals surface area contributed by atoms with Gasteiger partial charge < -0.3 is 14.8 Å². The fourth-order valence-corrected chi connectivity index (χ4v) is 4.21. The number of halogens is 1. The number of hydrogen-bond acceptors (Lipinski definition) is 5. The van der Waals surface area contributed by atoms with E-state index in [9.17, 15) is 10.1 Å². The van der Waals surface area contributed by atoms with Crippen LogP contribution in [0.3, 0.4) is 0 Å². The van der Waals surface area contributed by atoms with E-state index in [1.807, 2.05) is 44.2 Å². The van der Waals surface area contributed by atoms with Gasteiger partial charge in [0.05, 0.1) is 21.8 Å². The van der Waals surface area contributed by atoms with E-state index in [4.69, 9.17) is 21.7 Å². The summed E-state index contributed by atoms with van der Waals surface area (Å²) in [5.74, 6) is 1.05. The van der Waals surface area contributed by atoms with Gasteiger partial charge in [0, 0.05) is 12.1 Å². The zero-order chi connectivity index (χ0) is 22.4. The monoisotopic (exact) mass is 547 g/mol. The summed E-state index contributed by atoms with van der Waals surface area (Å²) in [6, 6.07) is 13.3. The first kappa shape index (κ1) is 23.0. The molecular formula is C23H22IN3O3S. The van der Waals surface area contributed by atoms with Crippen molar-refractivity contribution >= 4 is 51.9 Å². The Bertz CT molecular complexity index is 1080. The van der Waals surface area contributed by atoms with E-state index >= 15 is 0 Å². The Balaban J connectivity index is 1.88. The van der Waals surface area contributed by atoms with Crippen LogP contribution in [-0.2, 0) is 11.4 Å². The van der Waals surface area contributed by atoms with Crippen molar-refractivity contribution in [3.05, 3.63) is 62.4 Å². The highest BCUT2D eigenvalue weighted by atomic mass is 127. The van der Waals surface area contributed by atoms with Gasteiger partial charge in [0.2, 0.25) is 0 Å². The van der Waals surface area contributed by atoms with Crippen LogP contribution in [-0.4, -0.2) is 29.1 Å². The molecule has 1 aliphatic rings. The Morgan fingerprint density at radius 3 is 2.74 bits per heavy atom. The van der Waals surface area contributed by atoms with Crippen molar-refractivity contribution < 1.29 is 14.3 Å². The fourth-order valence-electron chi connectivity index (χ4n) is 3.14. The van der Waals surface area contributed by atoms with Crippen LogP contribution in [0.1, 0.15) is 37.0 Å². The van der Waals surface area contributed by atoms with Crippen molar-refractivity contribution in [2.45, 2.75) is 26.9 Å². The molecule has 0 aromatic heterocycles. The number of thiocarbonyl (C=S) groups is 1. The lowest BCUT2D eigenvalue weighted by Gasteiger charge is -2.15. The number of carbonyl (C=O) groups is 1. The maximum absolute atomic E-state index is 12.6. The molecule has 0 spiro atoms. The molecule has 1 fully saturated rings. The highest BCUT2D eigenvalue weighted by Crippen LogP contribution is 2.36. The fraction of sp³-hybridized carbons (Fsp3) is 0.261. The molecule has 0 saturated carbocycles. The number of carbonyl (C=O) groups excluding carboxylic acids is 1. The van der Waals surface area contributed by atoms with Gasteiger partial charge in [-0.25, -0.2) is 0 Å². The zero-order valence-corrected chi connectivity index (χ0v) is 20.2. The number of hydrogen-bond donors (Lipinski definition) is 1. The average Bonchev–Trinajstić information content (AvgIpc) is 3.01. The molecule has 0 bridgehead atoms. The van der Waals surface area contributed by atoms with Crippen molar-refractivity contribution in [3.8, 4) is 17.6 Å². The Morgan fingerprint density at radius 1 is 1.26 bits per heavy atom. The Kier molecular flexibility index (Phi) is 7.87. The summed E-state index contributed by atoms with van der Waals surface area (Å²) in [7, 11) is 0. The second kappa shape index (κ2) is 10.6. The lowest BCUT2D eigenvalue weighted by Crippen LogP contribution is -2.31. The lowest BCUT2D eigenvalue weighted by atomic mass is 10.1. The quantitative estimate of drug-likeness (QED) is 0.296. The lowest BCUT2D eigenvalue weighted by molar-refractivity contribution is -0.122. The van der Waals surface area contributed by atoms with E-state index in [1.165, 1.54) is 0 Å². The second-order valence-electron chi connectivity index (χ2n) is 6.77. The number of nitrogens with zero attached hydrogens (tertiary/aromatic N) is 2. The SMILES string of the molecule is CCCN1C(=O)/C(=C/c2cc(I)c(OCc3ccccc3C#N)c(OCC)c2)NC1=S. The first-order valence-corrected chi connectivity index (χ1v) is 11.4. The normalized spacial score (nSPS) is 14.5. The van der Waals surface area contributed by atoms with E-state index in [0.717, 1.165) is 21.1 Å². The van der Waals surface area contributed by atoms with Crippen LogP contribution in [0, 0.1) is 14.9 Å². The molecular weight excluding hydrogens is 525 g/mol. The molecule has 1 aliphatic heterocycles. The number of nitrogens with one attached hydrogen (secondary N) is 1. The van der Waals surface area contributed by atoms with Crippen molar-refractivity contribution in [2.24, 2.45) is 0 Å². The zero-order valence-electron chi connectivity index (χ0n) is 17.3. The third-order valence-corrected chi connectivity index (χ3v) is 5.69. The minimum atomic E-state index is -0.131. The molecule has 1 N–H and O–H groups in total. The minimum Gasteiger partial charge on any atom is -0.490 e. The number of ether oxygens (including phenoxy) is 2. The number of nitriles is 1. The molecule has 1 amide bonds. The topological polar surface area (TPSA) is 74.6 Å². The molecule has 2 aromatic carbocycles. The summed E-state index contributed by atoms with van der Waals surface area (Å²) in [6.07, 6.45) is 2.60. The molecule has 0 unspecified atom stereocenters. The second-order valence-corrected chi connectivity index (χ2v) is 8.31. The van der Waals surface area contributed by atoms with Gasteiger partial charge in [0.25, 0.3) is 5.91 Å². The molecule has 1 saturated heterocycles. The summed E-state index contributed by atoms with van der Waals surface area (Å²) in [4.78, 5) is 14.2. The maximum Gasteiger partial charge on any atom is 0.276 e. The van der Waals surface area contributed by atoms with Gasteiger partial charge in [0.15, 0.2) is 16.6 Å². The molecule has 0 radical (unpaired) electrons. The van der Waals surface area contributed by atoms with Gasteiger partial charge in [-0.3, -0.25) is 9.69 Å². The minimum absolute atomic E-state index is 0.131. The van der Waals surface area contributed by atoms with Crippen LogP contribution in [0.15, 0.2) is 42.1 Å². The van der Waals surface area contributed by atoms with Crippen LogP contribution >= 0.6 is 34.8 Å². The van der Waals surface area contributed by atoms with Gasteiger partial charge in [-0.15, -0.1) is 0 Å². The average molecular weight is 547 g/mol. The van der Waals surface area contributed by atoms with E-state index in [-0.39, 0.29) is 12.5 Å². The molecule has 6 nitrogen and oxygen atoms in total. The number of amides is 1. The summed E-state index contributed by atoms with van der Waals surface area (Å²) < 4.78 is 12.7. The number of rotatable bonds is 8. The third-order valence-electron chi connectivity index (χ3n) is 4.56. The first-order chi connectivity index (χ1) is 15.0. The van der Waals surface area contributed by atoms with Gasteiger partial charge in [-0.05, 0) is 78.0 Å². The standard InChI is InChI=1S/C23H22IN3O3S/c1-3-9-27-22(28)19(26-23(27)31)11-15-10-18(24)21(20(12-15)29-4-2)30-14-17-8-6-5-7-16(17)13-25/h5-8,10-12H,3-4,9,14H2,1-2H3,(H,26,31)/b19-11-. The molecule has 3 rings (SSSR count). The molecule has 8 heteroatoms. The molecule has 160 valence electrons. The van der Waals surface area contributed by atoms with Gasteiger partial charge in [0.1, 0.15) is 12.3 Å². The Morgan fingerprint density at radius 2 is 2.03 bits per heavy atom. The predicted octanol–water partition coefficient (Wildman–Crippen LogP) is 4.61. The summed E-state index contributed by atoms with van der Waals surface area (Å²) in [5.41, 5.74) is 2.62. The Hall–Kier alpha value is -2.64. The van der Waals surface area contributed by atoms with Crippen molar-refractivity contribution in [1.29, 1.82) is 5.26 Å². The molecule has 1 heterocycles. The van der Waals surface area contributed by atoms with E-state index in [1.54, 1.807) is 17.0 Å². The van der Waals surface area contributed by atoms with Crippen molar-refractivity contribution in [1.82, 2.24) is 10.2 Å². The maximum atomic E-state index is 12.6. The summed E-state index contributed by atoms with van der Waals surface area (Å²) in [5, 5.41) is 12.7. The van der Waals surface area contributed by atoms with E-state index < -0.39 is 0 Å². The smallest absolute Gasteiger partial charge is 0.276 e. The predicted molar refractivity (Wildman–Crippen MR) is 132 cm³/mol. The largest absolute Gasteiger partial charge is 0.490 e. The van der Waals surface area contributed by atoms with Crippen LogP contribution in [0.2, 0.25) is 0 Å². The summed E-state index contributed by atoms with van der Waals surface area (Å²) in [6.45, 7) is 5.20. The number of benzene rings is 2. The Labute approximate surface area is 201 Å². The highest BCUT2D eigenvalue weighted by Gasteiger charge is 2.29. The van der Waals surface area contributed by atoms with Gasteiger partial charge in [-0.2, -0.15) is 5.26 Å². The van der Waals surface area contributed by atoms with Crippen molar-refractivity contribution in [3.63, 3.8) is 0 Å². The van der Waals surface area contributed by atoms with Crippen LogP contribution in [0.5, 0.6) is 11.5 Å². The van der Waals surface area contributed by atoms with E-state index in [2.05, 4.69) is 34.0 Å². The van der Waals surface area contributed by atoms with Gasteiger partial charge in [-0.1, -0.05) is 25.1 Å². The van der Waals surface area contributed by atoms with Crippen LogP contribution in [0.25, 0.3) is 6.08 Å². The van der Waals surface area contributed by atoms with Gasteiger partial charge >= 0.3 is 0 Å². The molecule has 0 aliphatic carbocycles. The highest BCUT2D eigenvalue weighted by molar-refractivity contribution is 14.1. The van der Waals surface area contributed by atoms with Crippen LogP contribution in [0.4, 0.5) is 0 Å². The van der Waals surface area contributed by atoms with Crippen LogP contribution < -0.4 is 14.8 Å². The first-order valence-electron chi connectivity index (χ1n) is 9.90.